The van der Waals surface area contributed by atoms with Crippen LogP contribution < -0.4 is 5.73 Å². The second kappa shape index (κ2) is 8.54. The molecule has 0 saturated heterocycles. The average Bonchev–Trinajstić information content (AvgIpc) is 2.09. The summed E-state index contributed by atoms with van der Waals surface area (Å²) in [7, 11) is 3.32. The Morgan fingerprint density at radius 1 is 1.25 bits per heavy atom. The van der Waals surface area contributed by atoms with Crippen LogP contribution in [0.3, 0.4) is 0 Å². The fourth-order valence-electron chi connectivity index (χ4n) is 0.673. The van der Waals surface area contributed by atoms with Crippen LogP contribution in [0.4, 0.5) is 0 Å². The van der Waals surface area contributed by atoms with Gasteiger partial charge in [-0.1, -0.05) is 11.8 Å². The molecule has 3 nitrogen and oxygen atoms in total. The van der Waals surface area contributed by atoms with Crippen LogP contribution in [0.5, 0.6) is 0 Å². The van der Waals surface area contributed by atoms with Gasteiger partial charge in [0.15, 0.2) is 0 Å². The van der Waals surface area contributed by atoms with Crippen LogP contribution in [0.15, 0.2) is 0 Å². The first-order chi connectivity index (χ1) is 5.81. The van der Waals surface area contributed by atoms with Gasteiger partial charge in [-0.2, -0.15) is 0 Å². The average molecular weight is 171 g/mol. The van der Waals surface area contributed by atoms with Crippen molar-refractivity contribution in [2.24, 2.45) is 5.73 Å². The molecule has 0 amide bonds. The molecule has 0 bridgehead atoms. The fraction of sp³-hybridized carbons (Fsp3) is 0.778. The summed E-state index contributed by atoms with van der Waals surface area (Å²) in [5, 5.41) is 0. The predicted molar refractivity (Wildman–Crippen MR) is 48.7 cm³/mol. The molecule has 0 rings (SSSR count). The molecule has 0 aromatic carbocycles. The Hall–Kier alpha value is -0.560. The third-order valence-corrected chi connectivity index (χ3v) is 1.35. The number of nitrogens with two attached hydrogens (primary N) is 1. The lowest BCUT2D eigenvalue weighted by Crippen LogP contribution is -2.19. The largest absolute Gasteiger partial charge is 0.385 e. The van der Waals surface area contributed by atoms with Crippen LogP contribution in [0, 0.1) is 11.8 Å². The van der Waals surface area contributed by atoms with Crippen molar-refractivity contribution in [3.63, 3.8) is 0 Å². The molecular formula is C9H17NO2. The van der Waals surface area contributed by atoms with Gasteiger partial charge in [-0.3, -0.25) is 0 Å². The standard InChI is InChI=1S/C9H17NO2/c1-11-7-4-3-5-9(10)6-8-12-2/h9H,4,6-8,10H2,1-2H3. The van der Waals surface area contributed by atoms with E-state index < -0.39 is 0 Å². The van der Waals surface area contributed by atoms with Crippen LogP contribution in [-0.4, -0.2) is 33.5 Å². The van der Waals surface area contributed by atoms with Gasteiger partial charge in [0.1, 0.15) is 0 Å². The van der Waals surface area contributed by atoms with Crippen molar-refractivity contribution in [2.45, 2.75) is 18.9 Å². The van der Waals surface area contributed by atoms with Crippen LogP contribution in [-0.2, 0) is 9.47 Å². The molecule has 1 unspecified atom stereocenters. The molecule has 12 heavy (non-hydrogen) atoms. The number of methoxy groups -OCH3 is 2. The molecule has 0 spiro atoms. The monoisotopic (exact) mass is 171 g/mol. The summed E-state index contributed by atoms with van der Waals surface area (Å²) in [4.78, 5) is 0. The van der Waals surface area contributed by atoms with Crippen molar-refractivity contribution in [1.29, 1.82) is 0 Å². The van der Waals surface area contributed by atoms with Gasteiger partial charge in [0, 0.05) is 27.2 Å². The third kappa shape index (κ3) is 7.55. The van der Waals surface area contributed by atoms with E-state index in [9.17, 15) is 0 Å². The summed E-state index contributed by atoms with van der Waals surface area (Å²) in [6.07, 6.45) is 1.54. The zero-order valence-electron chi connectivity index (χ0n) is 7.80. The molecule has 0 saturated carbocycles. The first-order valence-corrected chi connectivity index (χ1v) is 4.03. The molecule has 2 N–H and O–H groups in total. The number of hydrogen-bond donors (Lipinski definition) is 1. The fourth-order valence-corrected chi connectivity index (χ4v) is 0.673. The van der Waals surface area contributed by atoms with Crippen LogP contribution in [0.2, 0.25) is 0 Å². The molecular weight excluding hydrogens is 154 g/mol. The highest BCUT2D eigenvalue weighted by atomic mass is 16.5. The Kier molecular flexibility index (Phi) is 8.14. The number of rotatable bonds is 5. The quantitative estimate of drug-likeness (QED) is 0.481. The van der Waals surface area contributed by atoms with E-state index in [2.05, 4.69) is 11.8 Å². The lowest BCUT2D eigenvalue weighted by Gasteiger charge is -2.01. The summed E-state index contributed by atoms with van der Waals surface area (Å²) < 4.78 is 9.70. The van der Waals surface area contributed by atoms with Crippen LogP contribution >= 0.6 is 0 Å². The molecule has 70 valence electrons. The Morgan fingerprint density at radius 2 is 1.92 bits per heavy atom. The topological polar surface area (TPSA) is 44.5 Å². The summed E-state index contributed by atoms with van der Waals surface area (Å²) >= 11 is 0. The number of hydrogen-bond acceptors (Lipinski definition) is 3. The van der Waals surface area contributed by atoms with E-state index in [1.54, 1.807) is 14.2 Å². The molecule has 0 fully saturated rings. The summed E-state index contributed by atoms with van der Waals surface area (Å²) in [6, 6.07) is -0.0678. The van der Waals surface area contributed by atoms with Crippen molar-refractivity contribution >= 4 is 0 Å². The molecule has 0 aliphatic rings. The van der Waals surface area contributed by atoms with Crippen molar-refractivity contribution in [3.05, 3.63) is 0 Å². The van der Waals surface area contributed by atoms with Gasteiger partial charge >= 0.3 is 0 Å². The second-order valence-corrected chi connectivity index (χ2v) is 2.45. The highest BCUT2D eigenvalue weighted by Gasteiger charge is 1.94. The van der Waals surface area contributed by atoms with Gasteiger partial charge < -0.3 is 15.2 Å². The van der Waals surface area contributed by atoms with Crippen molar-refractivity contribution in [3.8, 4) is 11.8 Å². The van der Waals surface area contributed by atoms with Crippen molar-refractivity contribution < 1.29 is 9.47 Å². The van der Waals surface area contributed by atoms with Gasteiger partial charge in [-0.05, 0) is 6.42 Å². The lowest BCUT2D eigenvalue weighted by molar-refractivity contribution is 0.192. The Morgan fingerprint density at radius 3 is 2.50 bits per heavy atom. The van der Waals surface area contributed by atoms with E-state index >= 15 is 0 Å². The third-order valence-electron chi connectivity index (χ3n) is 1.35. The Balaban J connectivity index is 3.36. The Bertz CT molecular complexity index is 148. The first kappa shape index (κ1) is 11.4. The summed E-state index contributed by atoms with van der Waals surface area (Å²) in [5.41, 5.74) is 5.65. The normalized spacial score (nSPS) is 11.9. The first-order valence-electron chi connectivity index (χ1n) is 4.03. The molecule has 0 aliphatic carbocycles. The van der Waals surface area contributed by atoms with E-state index in [0.717, 1.165) is 12.8 Å². The molecule has 3 heteroatoms. The maximum Gasteiger partial charge on any atom is 0.0686 e. The molecule has 0 aliphatic heterocycles. The van der Waals surface area contributed by atoms with Gasteiger partial charge in [-0.15, -0.1) is 0 Å². The van der Waals surface area contributed by atoms with Crippen molar-refractivity contribution in [2.75, 3.05) is 27.4 Å². The van der Waals surface area contributed by atoms with E-state index in [0.29, 0.717) is 13.2 Å². The van der Waals surface area contributed by atoms with Gasteiger partial charge in [0.25, 0.3) is 0 Å². The number of ether oxygens (including phenoxy) is 2. The van der Waals surface area contributed by atoms with Gasteiger partial charge in [-0.25, -0.2) is 0 Å². The van der Waals surface area contributed by atoms with Crippen molar-refractivity contribution in [1.82, 2.24) is 0 Å². The maximum absolute atomic E-state index is 5.65. The highest BCUT2D eigenvalue weighted by Crippen LogP contribution is 1.86. The van der Waals surface area contributed by atoms with Gasteiger partial charge in [0.05, 0.1) is 12.6 Å². The van der Waals surface area contributed by atoms with E-state index in [-0.39, 0.29) is 6.04 Å². The zero-order chi connectivity index (χ0) is 9.23. The minimum absolute atomic E-state index is 0.0678. The van der Waals surface area contributed by atoms with E-state index in [1.807, 2.05) is 0 Å². The lowest BCUT2D eigenvalue weighted by atomic mass is 10.2. The second-order valence-electron chi connectivity index (χ2n) is 2.45. The van der Waals surface area contributed by atoms with E-state index in [4.69, 9.17) is 15.2 Å². The molecule has 0 heterocycles. The predicted octanol–water partition coefficient (Wildman–Crippen LogP) is 0.390. The van der Waals surface area contributed by atoms with E-state index in [1.165, 1.54) is 0 Å². The SMILES string of the molecule is COCCC#CC(N)CCOC. The smallest absolute Gasteiger partial charge is 0.0686 e. The molecule has 0 radical (unpaired) electrons. The molecule has 1 atom stereocenters. The summed E-state index contributed by atoms with van der Waals surface area (Å²) in [5.74, 6) is 5.86. The minimum atomic E-state index is -0.0678. The molecule has 0 aromatic rings. The Labute approximate surface area is 74.2 Å². The summed E-state index contributed by atoms with van der Waals surface area (Å²) in [6.45, 7) is 1.34. The maximum atomic E-state index is 5.65. The van der Waals surface area contributed by atoms with Crippen LogP contribution in [0.1, 0.15) is 12.8 Å². The highest BCUT2D eigenvalue weighted by molar-refractivity contribution is 5.06. The zero-order valence-corrected chi connectivity index (χ0v) is 7.80. The van der Waals surface area contributed by atoms with Gasteiger partial charge in [0.2, 0.25) is 0 Å². The molecule has 0 aromatic heterocycles. The van der Waals surface area contributed by atoms with Crippen LogP contribution in [0.25, 0.3) is 0 Å². The minimum Gasteiger partial charge on any atom is -0.385 e.